The fraction of sp³-hybridized carbons (Fsp3) is 0.278. The third-order valence-corrected chi connectivity index (χ3v) is 4.20. The van der Waals surface area contributed by atoms with Crippen LogP contribution in [0.2, 0.25) is 0 Å². The molecule has 0 aliphatic rings. The predicted molar refractivity (Wildman–Crippen MR) is 96.8 cm³/mol. The zero-order valence-corrected chi connectivity index (χ0v) is 16.2. The molecule has 0 bridgehead atoms. The smallest absolute Gasteiger partial charge is 0.359 e. The van der Waals surface area contributed by atoms with Gasteiger partial charge in [-0.25, -0.2) is 4.39 Å². The zero-order valence-electron chi connectivity index (χ0n) is 16.2. The van der Waals surface area contributed by atoms with Crippen molar-refractivity contribution < 1.29 is 31.7 Å². The summed E-state index contributed by atoms with van der Waals surface area (Å²) >= 11 is 0. The molecule has 0 radical (unpaired) electrons. The van der Waals surface area contributed by atoms with Crippen molar-refractivity contribution in [3.8, 4) is 11.4 Å². The Morgan fingerprint density at radius 1 is 1.26 bits per heavy atom. The lowest BCUT2D eigenvalue weighted by molar-refractivity contribution is -0.141. The van der Waals surface area contributed by atoms with Gasteiger partial charge in [-0.1, -0.05) is 17.3 Å². The lowest BCUT2D eigenvalue weighted by Gasteiger charge is -2.14. The van der Waals surface area contributed by atoms with Crippen molar-refractivity contribution in [2.24, 2.45) is 7.05 Å². The number of hydrogen-bond donors (Lipinski definition) is 2. The summed E-state index contributed by atoms with van der Waals surface area (Å²) in [5.41, 5.74) is -1.34. The van der Waals surface area contributed by atoms with Crippen LogP contribution in [0.3, 0.4) is 0 Å². The minimum Gasteiger partial charge on any atom is -0.359 e. The third kappa shape index (κ3) is 5.05. The number of aryl methyl sites for hydroxylation is 1. The highest BCUT2D eigenvalue weighted by Crippen LogP contribution is 2.28. The molecular weight excluding hydrogens is 424 g/mol. The second-order valence-corrected chi connectivity index (χ2v) is 6.41. The molecule has 31 heavy (non-hydrogen) atoms. The number of alkyl halides is 3. The van der Waals surface area contributed by atoms with E-state index in [9.17, 15) is 27.2 Å². The molecule has 164 valence electrons. The molecule has 3 rings (SSSR count). The van der Waals surface area contributed by atoms with Crippen LogP contribution in [-0.4, -0.2) is 38.8 Å². The summed E-state index contributed by atoms with van der Waals surface area (Å²) in [6.45, 7) is 0. The second kappa shape index (κ2) is 8.53. The molecule has 1 atom stereocenters. The van der Waals surface area contributed by atoms with Gasteiger partial charge in [0.25, 0.3) is 5.91 Å². The van der Waals surface area contributed by atoms with Crippen molar-refractivity contribution in [3.05, 3.63) is 53.4 Å². The molecule has 2 N–H and O–H groups in total. The van der Waals surface area contributed by atoms with Crippen molar-refractivity contribution in [2.75, 3.05) is 7.05 Å². The Morgan fingerprint density at radius 3 is 2.61 bits per heavy atom. The summed E-state index contributed by atoms with van der Waals surface area (Å²) in [5.74, 6) is -2.16. The number of hydrogen-bond acceptors (Lipinski definition) is 6. The van der Waals surface area contributed by atoms with Crippen LogP contribution in [0.1, 0.15) is 34.5 Å². The molecule has 1 aromatic carbocycles. The molecule has 0 saturated heterocycles. The number of halogens is 4. The maximum atomic E-state index is 13.4. The average molecular weight is 440 g/mol. The molecule has 0 aliphatic carbocycles. The summed E-state index contributed by atoms with van der Waals surface area (Å²) in [7, 11) is 2.54. The molecule has 2 amide bonds. The Hall–Kier alpha value is -3.77. The number of nitrogens with zero attached hydrogens (tertiary/aromatic N) is 4. The van der Waals surface area contributed by atoms with E-state index < -0.39 is 35.5 Å². The van der Waals surface area contributed by atoms with Gasteiger partial charge < -0.3 is 15.2 Å². The minimum absolute atomic E-state index is 0.00514. The standard InChI is InChI=1S/C18H16F4N6O3/c1-23-14(29)7-11(17-25-15(27-31-17)9-4-3-5-10(19)6-9)24-16(30)12-8-13(18(20,21)22)26-28(12)2/h3-6,8,11H,7H2,1-2H3,(H,23,29)(H,24,30)/t11-/m0/s1. The highest BCUT2D eigenvalue weighted by atomic mass is 19.4. The van der Waals surface area contributed by atoms with E-state index in [1.165, 1.54) is 32.3 Å². The Morgan fingerprint density at radius 2 is 2.00 bits per heavy atom. The van der Waals surface area contributed by atoms with Gasteiger partial charge in [-0.2, -0.15) is 23.3 Å². The van der Waals surface area contributed by atoms with E-state index >= 15 is 0 Å². The van der Waals surface area contributed by atoms with Gasteiger partial charge in [-0.05, 0) is 12.1 Å². The van der Waals surface area contributed by atoms with Crippen LogP contribution in [0, 0.1) is 5.82 Å². The topological polar surface area (TPSA) is 115 Å². The summed E-state index contributed by atoms with van der Waals surface area (Å²) < 4.78 is 57.9. The first-order chi connectivity index (χ1) is 14.6. The third-order valence-electron chi connectivity index (χ3n) is 4.20. The first-order valence-electron chi connectivity index (χ1n) is 8.80. The summed E-state index contributed by atoms with van der Waals surface area (Å²) in [5, 5.41) is 11.8. The molecule has 0 unspecified atom stereocenters. The number of benzene rings is 1. The van der Waals surface area contributed by atoms with Gasteiger partial charge in [-0.15, -0.1) is 0 Å². The van der Waals surface area contributed by atoms with E-state index in [1.807, 2.05) is 0 Å². The molecule has 0 aliphatic heterocycles. The van der Waals surface area contributed by atoms with Crippen molar-refractivity contribution in [2.45, 2.75) is 18.6 Å². The van der Waals surface area contributed by atoms with Gasteiger partial charge in [0, 0.05) is 25.7 Å². The summed E-state index contributed by atoms with van der Waals surface area (Å²) in [6, 6.07) is 4.77. The lowest BCUT2D eigenvalue weighted by Crippen LogP contribution is -2.34. The summed E-state index contributed by atoms with van der Waals surface area (Å²) in [4.78, 5) is 28.5. The van der Waals surface area contributed by atoms with Gasteiger partial charge in [0.2, 0.25) is 17.6 Å². The van der Waals surface area contributed by atoms with Crippen molar-refractivity contribution in [3.63, 3.8) is 0 Å². The van der Waals surface area contributed by atoms with E-state index in [0.717, 1.165) is 10.7 Å². The van der Waals surface area contributed by atoms with Crippen LogP contribution in [0.4, 0.5) is 17.6 Å². The minimum atomic E-state index is -4.73. The van der Waals surface area contributed by atoms with Gasteiger partial charge >= 0.3 is 6.18 Å². The predicted octanol–water partition coefficient (Wildman–Crippen LogP) is 2.24. The van der Waals surface area contributed by atoms with Crippen molar-refractivity contribution in [1.82, 2.24) is 30.6 Å². The van der Waals surface area contributed by atoms with E-state index in [0.29, 0.717) is 11.6 Å². The number of rotatable bonds is 6. The average Bonchev–Trinajstić information content (AvgIpc) is 3.34. The van der Waals surface area contributed by atoms with Crippen LogP contribution < -0.4 is 10.6 Å². The first kappa shape index (κ1) is 21.9. The van der Waals surface area contributed by atoms with E-state index in [4.69, 9.17) is 4.52 Å². The number of amides is 2. The normalized spacial score (nSPS) is 12.5. The Balaban J connectivity index is 1.88. The molecule has 13 heteroatoms. The number of aromatic nitrogens is 4. The molecule has 0 saturated carbocycles. The van der Waals surface area contributed by atoms with E-state index in [1.54, 1.807) is 0 Å². The highest BCUT2D eigenvalue weighted by Gasteiger charge is 2.36. The molecule has 2 heterocycles. The number of carbonyl (C=O) groups excluding carboxylic acids is 2. The van der Waals surface area contributed by atoms with Gasteiger partial charge in [-0.3, -0.25) is 14.3 Å². The molecule has 9 nitrogen and oxygen atoms in total. The van der Waals surface area contributed by atoms with Crippen LogP contribution in [0.5, 0.6) is 0 Å². The highest BCUT2D eigenvalue weighted by molar-refractivity contribution is 5.93. The number of nitrogens with one attached hydrogen (secondary N) is 2. The quantitative estimate of drug-likeness (QED) is 0.568. The fourth-order valence-electron chi connectivity index (χ4n) is 2.66. The van der Waals surface area contributed by atoms with Crippen LogP contribution in [0.15, 0.2) is 34.9 Å². The van der Waals surface area contributed by atoms with Crippen LogP contribution >= 0.6 is 0 Å². The van der Waals surface area contributed by atoms with Crippen LogP contribution in [0.25, 0.3) is 11.4 Å². The summed E-state index contributed by atoms with van der Waals surface area (Å²) in [6.07, 6.45) is -5.07. The number of carbonyl (C=O) groups is 2. The SMILES string of the molecule is CNC(=O)C[C@H](NC(=O)c1cc(C(F)(F)F)nn1C)c1nc(-c2cccc(F)c2)no1. The van der Waals surface area contributed by atoms with Crippen molar-refractivity contribution in [1.29, 1.82) is 0 Å². The van der Waals surface area contributed by atoms with Gasteiger partial charge in [0.15, 0.2) is 5.69 Å². The molecule has 2 aromatic heterocycles. The van der Waals surface area contributed by atoms with E-state index in [2.05, 4.69) is 25.9 Å². The fourth-order valence-corrected chi connectivity index (χ4v) is 2.66. The van der Waals surface area contributed by atoms with Gasteiger partial charge in [0.05, 0.1) is 6.42 Å². The first-order valence-corrected chi connectivity index (χ1v) is 8.80. The zero-order chi connectivity index (χ0) is 22.8. The second-order valence-electron chi connectivity index (χ2n) is 6.41. The largest absolute Gasteiger partial charge is 0.435 e. The molecular formula is C18H16F4N6O3. The monoisotopic (exact) mass is 440 g/mol. The Bertz CT molecular complexity index is 1110. The van der Waals surface area contributed by atoms with E-state index in [-0.39, 0.29) is 23.8 Å². The lowest BCUT2D eigenvalue weighted by atomic mass is 10.1. The maximum Gasteiger partial charge on any atom is 0.435 e. The molecule has 3 aromatic rings. The van der Waals surface area contributed by atoms with Gasteiger partial charge in [0.1, 0.15) is 17.6 Å². The Kier molecular flexibility index (Phi) is 6.04. The maximum absolute atomic E-state index is 13.4. The molecule has 0 fully saturated rings. The molecule has 0 spiro atoms. The van der Waals surface area contributed by atoms with Crippen molar-refractivity contribution >= 4 is 11.8 Å². The van der Waals surface area contributed by atoms with Crippen LogP contribution in [-0.2, 0) is 18.0 Å². The Labute approximate surface area is 172 Å².